The molecule has 1 unspecified atom stereocenters. The summed E-state index contributed by atoms with van der Waals surface area (Å²) in [5, 5.41) is 3.00. The van der Waals surface area contributed by atoms with E-state index in [1.54, 1.807) is 7.11 Å². The van der Waals surface area contributed by atoms with Gasteiger partial charge in [0.05, 0.1) is 12.7 Å². The number of nitrogens with one attached hydrogen (secondary N) is 1. The van der Waals surface area contributed by atoms with Gasteiger partial charge in [-0.1, -0.05) is 6.07 Å². The van der Waals surface area contributed by atoms with Crippen LogP contribution in [0.25, 0.3) is 0 Å². The SMILES string of the molecule is COc1cc(C)ccc1OCc1nc(C(=O)NC2CCOC(C)(C)C2)co1. The molecule has 3 rings (SSSR count). The number of methoxy groups -OCH3 is 1. The highest BCUT2D eigenvalue weighted by Crippen LogP contribution is 2.28. The molecule has 1 saturated heterocycles. The van der Waals surface area contributed by atoms with Gasteiger partial charge in [0, 0.05) is 12.6 Å². The maximum atomic E-state index is 12.4. The summed E-state index contributed by atoms with van der Waals surface area (Å²) in [6.45, 7) is 6.77. The van der Waals surface area contributed by atoms with E-state index in [4.69, 9.17) is 18.6 Å². The third-order valence-corrected chi connectivity index (χ3v) is 4.49. The van der Waals surface area contributed by atoms with E-state index in [-0.39, 0.29) is 29.9 Å². The Balaban J connectivity index is 1.57. The number of hydrogen-bond acceptors (Lipinski definition) is 6. The molecule has 0 bridgehead atoms. The lowest BCUT2D eigenvalue weighted by Gasteiger charge is -2.35. The Kier molecular flexibility index (Phi) is 5.70. The molecule has 1 aliphatic rings. The molecule has 0 spiro atoms. The molecule has 1 atom stereocenters. The van der Waals surface area contributed by atoms with Crippen molar-refractivity contribution in [2.75, 3.05) is 13.7 Å². The van der Waals surface area contributed by atoms with E-state index in [9.17, 15) is 4.79 Å². The first-order chi connectivity index (χ1) is 12.9. The molecule has 1 aliphatic heterocycles. The van der Waals surface area contributed by atoms with Gasteiger partial charge in [-0.15, -0.1) is 0 Å². The van der Waals surface area contributed by atoms with Crippen LogP contribution in [-0.2, 0) is 11.3 Å². The number of carbonyl (C=O) groups excluding carboxylic acids is 1. The molecular weight excluding hydrogens is 348 g/mol. The third-order valence-electron chi connectivity index (χ3n) is 4.49. The first-order valence-corrected chi connectivity index (χ1v) is 9.03. The van der Waals surface area contributed by atoms with Crippen molar-refractivity contribution in [1.29, 1.82) is 0 Å². The van der Waals surface area contributed by atoms with Crippen LogP contribution in [0.1, 0.15) is 48.6 Å². The predicted octanol–water partition coefficient (Wildman–Crippen LogP) is 3.26. The number of oxazole rings is 1. The van der Waals surface area contributed by atoms with Gasteiger partial charge in [0.2, 0.25) is 5.89 Å². The lowest BCUT2D eigenvalue weighted by molar-refractivity contribution is -0.0615. The Labute approximate surface area is 159 Å². The standard InChI is InChI=1S/C20H26N2O5/c1-13-5-6-16(17(9-13)24-4)25-12-18-22-15(11-26-18)19(23)21-14-7-8-27-20(2,3)10-14/h5-6,9,11,14H,7-8,10,12H2,1-4H3,(H,21,23). The van der Waals surface area contributed by atoms with Gasteiger partial charge in [0.15, 0.2) is 23.8 Å². The Bertz CT molecular complexity index is 799. The number of rotatable bonds is 6. The van der Waals surface area contributed by atoms with E-state index in [0.29, 0.717) is 24.0 Å². The van der Waals surface area contributed by atoms with Crippen LogP contribution in [0.15, 0.2) is 28.9 Å². The van der Waals surface area contributed by atoms with Gasteiger partial charge in [-0.25, -0.2) is 4.98 Å². The number of carbonyl (C=O) groups is 1. The normalized spacial score (nSPS) is 18.7. The van der Waals surface area contributed by atoms with Crippen molar-refractivity contribution < 1.29 is 23.4 Å². The maximum Gasteiger partial charge on any atom is 0.273 e. The zero-order chi connectivity index (χ0) is 19.4. The van der Waals surface area contributed by atoms with E-state index in [0.717, 1.165) is 18.4 Å². The van der Waals surface area contributed by atoms with Crippen LogP contribution in [0.4, 0.5) is 0 Å². The molecule has 1 fully saturated rings. The van der Waals surface area contributed by atoms with E-state index < -0.39 is 0 Å². The predicted molar refractivity (Wildman–Crippen MR) is 99.1 cm³/mol. The highest BCUT2D eigenvalue weighted by molar-refractivity contribution is 5.92. The minimum Gasteiger partial charge on any atom is -0.493 e. The molecule has 0 aliphatic carbocycles. The maximum absolute atomic E-state index is 12.4. The van der Waals surface area contributed by atoms with Crippen LogP contribution in [0.5, 0.6) is 11.5 Å². The van der Waals surface area contributed by atoms with Crippen molar-refractivity contribution in [3.63, 3.8) is 0 Å². The van der Waals surface area contributed by atoms with Crippen molar-refractivity contribution in [3.8, 4) is 11.5 Å². The van der Waals surface area contributed by atoms with E-state index in [1.807, 2.05) is 39.0 Å². The zero-order valence-corrected chi connectivity index (χ0v) is 16.2. The van der Waals surface area contributed by atoms with Gasteiger partial charge in [-0.3, -0.25) is 4.79 Å². The van der Waals surface area contributed by atoms with Crippen molar-refractivity contribution in [1.82, 2.24) is 10.3 Å². The van der Waals surface area contributed by atoms with E-state index >= 15 is 0 Å². The lowest BCUT2D eigenvalue weighted by atomic mass is 9.94. The smallest absolute Gasteiger partial charge is 0.273 e. The first kappa shape index (κ1) is 19.2. The molecule has 1 aromatic carbocycles. The summed E-state index contributed by atoms with van der Waals surface area (Å²) < 4.78 is 22.1. The molecule has 7 nitrogen and oxygen atoms in total. The average Bonchev–Trinajstić information content (AvgIpc) is 3.09. The minimum atomic E-state index is -0.249. The van der Waals surface area contributed by atoms with Crippen molar-refractivity contribution >= 4 is 5.91 Å². The highest BCUT2D eigenvalue weighted by atomic mass is 16.5. The largest absolute Gasteiger partial charge is 0.493 e. The molecule has 1 N–H and O–H groups in total. The van der Waals surface area contributed by atoms with Gasteiger partial charge in [-0.2, -0.15) is 0 Å². The number of ether oxygens (including phenoxy) is 3. The highest BCUT2D eigenvalue weighted by Gasteiger charge is 2.30. The molecule has 1 amide bonds. The van der Waals surface area contributed by atoms with Crippen LogP contribution >= 0.6 is 0 Å². The number of amides is 1. The van der Waals surface area contributed by atoms with Crippen molar-refractivity contribution in [3.05, 3.63) is 41.6 Å². The van der Waals surface area contributed by atoms with Gasteiger partial charge in [0.1, 0.15) is 6.26 Å². The van der Waals surface area contributed by atoms with E-state index in [2.05, 4.69) is 10.3 Å². The molecule has 27 heavy (non-hydrogen) atoms. The monoisotopic (exact) mass is 374 g/mol. The first-order valence-electron chi connectivity index (χ1n) is 9.03. The second-order valence-corrected chi connectivity index (χ2v) is 7.34. The van der Waals surface area contributed by atoms with Gasteiger partial charge in [0.25, 0.3) is 5.91 Å². The van der Waals surface area contributed by atoms with Gasteiger partial charge >= 0.3 is 0 Å². The van der Waals surface area contributed by atoms with Crippen LogP contribution < -0.4 is 14.8 Å². The van der Waals surface area contributed by atoms with Crippen LogP contribution in [0.3, 0.4) is 0 Å². The minimum absolute atomic E-state index is 0.0643. The summed E-state index contributed by atoms with van der Waals surface area (Å²) in [6.07, 6.45) is 2.90. The Morgan fingerprint density at radius 3 is 2.93 bits per heavy atom. The fourth-order valence-corrected chi connectivity index (χ4v) is 3.13. The molecular formula is C20H26N2O5. The molecule has 2 heterocycles. The summed E-state index contributed by atoms with van der Waals surface area (Å²) in [5.74, 6) is 1.31. The summed E-state index contributed by atoms with van der Waals surface area (Å²) in [6, 6.07) is 5.72. The number of aryl methyl sites for hydroxylation is 1. The molecule has 1 aromatic heterocycles. The van der Waals surface area contributed by atoms with Crippen LogP contribution in [0, 0.1) is 6.92 Å². The second-order valence-electron chi connectivity index (χ2n) is 7.34. The van der Waals surface area contributed by atoms with Crippen molar-refractivity contribution in [2.24, 2.45) is 0 Å². The Morgan fingerprint density at radius 2 is 2.19 bits per heavy atom. The summed E-state index contributed by atoms with van der Waals surface area (Å²) in [4.78, 5) is 16.6. The van der Waals surface area contributed by atoms with Gasteiger partial charge < -0.3 is 23.9 Å². The summed E-state index contributed by atoms with van der Waals surface area (Å²) in [5.41, 5.74) is 1.09. The molecule has 0 radical (unpaired) electrons. The van der Waals surface area contributed by atoms with E-state index in [1.165, 1.54) is 6.26 Å². The zero-order valence-electron chi connectivity index (χ0n) is 16.2. The van der Waals surface area contributed by atoms with Crippen molar-refractivity contribution in [2.45, 2.75) is 51.9 Å². The second kappa shape index (κ2) is 8.00. The molecule has 2 aromatic rings. The number of aromatic nitrogens is 1. The summed E-state index contributed by atoms with van der Waals surface area (Å²) in [7, 11) is 1.59. The number of hydrogen-bond donors (Lipinski definition) is 1. The third kappa shape index (κ3) is 5.01. The number of nitrogens with zero attached hydrogens (tertiary/aromatic N) is 1. The van der Waals surface area contributed by atoms with Crippen LogP contribution in [-0.4, -0.2) is 36.3 Å². The van der Waals surface area contributed by atoms with Crippen LogP contribution in [0.2, 0.25) is 0 Å². The quantitative estimate of drug-likeness (QED) is 0.836. The fourth-order valence-electron chi connectivity index (χ4n) is 3.13. The summed E-state index contributed by atoms with van der Waals surface area (Å²) >= 11 is 0. The van der Waals surface area contributed by atoms with Gasteiger partial charge in [-0.05, 0) is 51.3 Å². The Hall–Kier alpha value is -2.54. The Morgan fingerprint density at radius 1 is 1.37 bits per heavy atom. The fraction of sp³-hybridized carbons (Fsp3) is 0.500. The molecule has 7 heteroatoms. The molecule has 0 saturated carbocycles. The number of benzene rings is 1. The topological polar surface area (TPSA) is 82.8 Å². The lowest BCUT2D eigenvalue weighted by Crippen LogP contribution is -2.45. The average molecular weight is 374 g/mol. The molecule has 146 valence electrons.